The Balaban J connectivity index is 1.64. The minimum absolute atomic E-state index is 0.260. The van der Waals surface area contributed by atoms with Gasteiger partial charge < -0.3 is 5.32 Å². The van der Waals surface area contributed by atoms with E-state index in [2.05, 4.69) is 10.3 Å². The first-order valence-electron chi connectivity index (χ1n) is 7.92. The Morgan fingerprint density at radius 3 is 2.44 bits per heavy atom. The molecule has 1 N–H and O–H groups in total. The molecule has 0 fully saturated rings. The fourth-order valence-corrected chi connectivity index (χ4v) is 4.26. The number of thiazole rings is 1. The number of aromatic nitrogens is 2. The third-order valence-electron chi connectivity index (χ3n) is 4.02. The standard InChI is InChI=1S/C19H12Cl2FN3OS/c1-10-17(18(26)23-15-7-12(20)6-13(21)8-15)27-19-24-16(9-25(10)19)11-2-4-14(22)5-3-11/h2-9H,1H3,(H,23,26). The number of rotatable bonds is 3. The van der Waals surface area contributed by atoms with Gasteiger partial charge in [0.2, 0.25) is 0 Å². The molecule has 0 aliphatic carbocycles. The number of hydrogen-bond donors (Lipinski definition) is 1. The number of anilines is 1. The van der Waals surface area contributed by atoms with E-state index in [-0.39, 0.29) is 11.7 Å². The first-order chi connectivity index (χ1) is 12.9. The van der Waals surface area contributed by atoms with Gasteiger partial charge in [0.15, 0.2) is 4.96 Å². The van der Waals surface area contributed by atoms with Gasteiger partial charge in [0.05, 0.1) is 5.69 Å². The topological polar surface area (TPSA) is 46.4 Å². The molecular formula is C19H12Cl2FN3OS. The van der Waals surface area contributed by atoms with Crippen LogP contribution < -0.4 is 5.32 Å². The van der Waals surface area contributed by atoms with Crippen molar-refractivity contribution in [2.75, 3.05) is 5.32 Å². The number of nitrogens with one attached hydrogen (secondary N) is 1. The van der Waals surface area contributed by atoms with Gasteiger partial charge in [0.25, 0.3) is 5.91 Å². The molecule has 136 valence electrons. The van der Waals surface area contributed by atoms with Crippen molar-refractivity contribution in [1.82, 2.24) is 9.38 Å². The highest BCUT2D eigenvalue weighted by Crippen LogP contribution is 2.29. The second-order valence-corrected chi connectivity index (χ2v) is 7.76. The summed E-state index contributed by atoms with van der Waals surface area (Å²) < 4.78 is 14.9. The summed E-state index contributed by atoms with van der Waals surface area (Å²) in [6.45, 7) is 1.85. The van der Waals surface area contributed by atoms with Crippen molar-refractivity contribution >= 4 is 51.1 Å². The Bertz CT molecular complexity index is 1150. The van der Waals surface area contributed by atoms with Crippen molar-refractivity contribution in [3.05, 3.63) is 75.1 Å². The molecule has 1 amide bonds. The number of amides is 1. The number of halogens is 3. The molecule has 0 radical (unpaired) electrons. The van der Waals surface area contributed by atoms with Crippen molar-refractivity contribution in [2.45, 2.75) is 6.92 Å². The first kappa shape index (κ1) is 18.0. The molecule has 0 aliphatic heterocycles. The summed E-state index contributed by atoms with van der Waals surface area (Å²) in [6.07, 6.45) is 1.83. The lowest BCUT2D eigenvalue weighted by Crippen LogP contribution is -2.11. The predicted molar refractivity (Wildman–Crippen MR) is 108 cm³/mol. The largest absolute Gasteiger partial charge is 0.321 e. The van der Waals surface area contributed by atoms with Crippen molar-refractivity contribution in [3.8, 4) is 11.3 Å². The van der Waals surface area contributed by atoms with Crippen LogP contribution in [-0.4, -0.2) is 15.3 Å². The highest BCUT2D eigenvalue weighted by atomic mass is 35.5. The lowest BCUT2D eigenvalue weighted by molar-refractivity contribution is 0.102. The summed E-state index contributed by atoms with van der Waals surface area (Å²) in [5.41, 5.74) is 2.82. The van der Waals surface area contributed by atoms with E-state index in [9.17, 15) is 9.18 Å². The monoisotopic (exact) mass is 419 g/mol. The summed E-state index contributed by atoms with van der Waals surface area (Å²) in [5, 5.41) is 3.69. The van der Waals surface area contributed by atoms with Crippen LogP contribution in [0.1, 0.15) is 15.4 Å². The van der Waals surface area contributed by atoms with Gasteiger partial charge in [0, 0.05) is 33.2 Å². The molecule has 27 heavy (non-hydrogen) atoms. The summed E-state index contributed by atoms with van der Waals surface area (Å²) >= 11 is 13.2. The summed E-state index contributed by atoms with van der Waals surface area (Å²) in [4.78, 5) is 18.4. The van der Waals surface area contributed by atoms with Gasteiger partial charge in [-0.25, -0.2) is 9.37 Å². The van der Waals surface area contributed by atoms with E-state index < -0.39 is 0 Å². The predicted octanol–water partition coefficient (Wildman–Crippen LogP) is 6.07. The van der Waals surface area contributed by atoms with E-state index >= 15 is 0 Å². The molecule has 0 spiro atoms. The molecule has 4 aromatic rings. The fraction of sp³-hybridized carbons (Fsp3) is 0.0526. The van der Waals surface area contributed by atoms with Crippen molar-refractivity contribution in [2.24, 2.45) is 0 Å². The fourth-order valence-electron chi connectivity index (χ4n) is 2.73. The Labute approximate surface area is 168 Å². The first-order valence-corrected chi connectivity index (χ1v) is 9.50. The molecule has 0 aliphatic rings. The van der Waals surface area contributed by atoms with Crippen LogP contribution in [0, 0.1) is 12.7 Å². The number of carbonyl (C=O) groups is 1. The SMILES string of the molecule is Cc1c(C(=O)Nc2cc(Cl)cc(Cl)c2)sc2nc(-c3ccc(F)cc3)cn12. The van der Waals surface area contributed by atoms with E-state index in [1.54, 1.807) is 30.3 Å². The molecule has 2 heterocycles. The highest BCUT2D eigenvalue weighted by Gasteiger charge is 2.18. The molecule has 2 aromatic carbocycles. The van der Waals surface area contributed by atoms with E-state index in [4.69, 9.17) is 23.2 Å². The summed E-state index contributed by atoms with van der Waals surface area (Å²) in [6, 6.07) is 11.0. The molecule has 8 heteroatoms. The average Bonchev–Trinajstić information content (AvgIpc) is 3.14. The van der Waals surface area contributed by atoms with Crippen molar-refractivity contribution < 1.29 is 9.18 Å². The number of fused-ring (bicyclic) bond motifs is 1. The van der Waals surface area contributed by atoms with E-state index in [1.807, 2.05) is 17.5 Å². The third kappa shape index (κ3) is 3.56. The Morgan fingerprint density at radius 1 is 1.15 bits per heavy atom. The Hall–Kier alpha value is -2.41. The van der Waals surface area contributed by atoms with Gasteiger partial charge in [-0.2, -0.15) is 0 Å². The van der Waals surface area contributed by atoms with Crippen molar-refractivity contribution in [3.63, 3.8) is 0 Å². The summed E-state index contributed by atoms with van der Waals surface area (Å²) in [5.74, 6) is -0.555. The van der Waals surface area contributed by atoms with Gasteiger partial charge >= 0.3 is 0 Å². The Morgan fingerprint density at radius 2 is 1.81 bits per heavy atom. The maximum absolute atomic E-state index is 13.1. The number of aryl methyl sites for hydroxylation is 1. The maximum Gasteiger partial charge on any atom is 0.267 e. The number of benzene rings is 2. The third-order valence-corrected chi connectivity index (χ3v) is 5.62. The zero-order chi connectivity index (χ0) is 19.1. The van der Waals surface area contributed by atoms with E-state index in [0.717, 1.165) is 17.0 Å². The molecular weight excluding hydrogens is 408 g/mol. The summed E-state index contributed by atoms with van der Waals surface area (Å²) in [7, 11) is 0. The number of hydrogen-bond acceptors (Lipinski definition) is 3. The second-order valence-electron chi connectivity index (χ2n) is 5.91. The molecule has 4 nitrogen and oxygen atoms in total. The van der Waals surface area contributed by atoms with Crippen LogP contribution in [0.3, 0.4) is 0 Å². The normalized spacial score (nSPS) is 11.1. The van der Waals surface area contributed by atoms with Crippen LogP contribution >= 0.6 is 34.5 Å². The molecule has 0 atom stereocenters. The molecule has 0 bridgehead atoms. The van der Waals surface area contributed by atoms with Gasteiger partial charge in [0.1, 0.15) is 10.7 Å². The molecule has 2 aromatic heterocycles. The molecule has 0 saturated heterocycles. The van der Waals surface area contributed by atoms with Crippen LogP contribution in [-0.2, 0) is 0 Å². The van der Waals surface area contributed by atoms with E-state index in [0.29, 0.717) is 25.6 Å². The van der Waals surface area contributed by atoms with Crippen molar-refractivity contribution in [1.29, 1.82) is 0 Å². The van der Waals surface area contributed by atoms with Gasteiger partial charge in [-0.1, -0.05) is 34.5 Å². The minimum atomic E-state index is -0.295. The maximum atomic E-state index is 13.1. The quantitative estimate of drug-likeness (QED) is 0.437. The lowest BCUT2D eigenvalue weighted by Gasteiger charge is -2.05. The molecule has 0 saturated carbocycles. The van der Waals surface area contributed by atoms with Gasteiger partial charge in [-0.05, 0) is 49.4 Å². The Kier molecular flexibility index (Phi) is 4.63. The van der Waals surface area contributed by atoms with E-state index in [1.165, 1.54) is 23.5 Å². The molecule has 0 unspecified atom stereocenters. The lowest BCUT2D eigenvalue weighted by atomic mass is 10.2. The van der Waals surface area contributed by atoms with Gasteiger partial charge in [-0.3, -0.25) is 9.20 Å². The van der Waals surface area contributed by atoms with Crippen LogP contribution in [0.5, 0.6) is 0 Å². The second kappa shape index (κ2) is 6.96. The van der Waals surface area contributed by atoms with Crippen LogP contribution in [0.2, 0.25) is 10.0 Å². The number of carbonyl (C=O) groups excluding carboxylic acids is 1. The highest BCUT2D eigenvalue weighted by molar-refractivity contribution is 7.19. The number of nitrogens with zero attached hydrogens (tertiary/aromatic N) is 2. The smallest absolute Gasteiger partial charge is 0.267 e. The van der Waals surface area contributed by atoms with Crippen LogP contribution in [0.15, 0.2) is 48.7 Å². The van der Waals surface area contributed by atoms with Crippen LogP contribution in [0.4, 0.5) is 10.1 Å². The van der Waals surface area contributed by atoms with Crippen LogP contribution in [0.25, 0.3) is 16.2 Å². The molecule has 4 rings (SSSR count). The van der Waals surface area contributed by atoms with Gasteiger partial charge in [-0.15, -0.1) is 0 Å². The zero-order valence-electron chi connectivity index (χ0n) is 14.0. The minimum Gasteiger partial charge on any atom is -0.321 e. The zero-order valence-corrected chi connectivity index (χ0v) is 16.3. The number of imidazole rings is 1. The average molecular weight is 420 g/mol.